The van der Waals surface area contributed by atoms with E-state index in [1.807, 2.05) is 30.3 Å². The molecule has 0 saturated carbocycles. The fourth-order valence-electron chi connectivity index (χ4n) is 4.35. The van der Waals surface area contributed by atoms with Crippen LogP contribution in [0.1, 0.15) is 28.8 Å². The zero-order valence-corrected chi connectivity index (χ0v) is 21.2. The number of fused-ring (bicyclic) bond motifs is 2. The minimum atomic E-state index is -0.814. The molecule has 1 aliphatic heterocycles. The molecule has 0 N–H and O–H groups in total. The Morgan fingerprint density at radius 2 is 1.76 bits per heavy atom. The monoisotopic (exact) mass is 563 g/mol. The standard InChI is InChI=1S/C28H22BrNO7/c29-19-9-10-20-25(14-19)37-24-11-8-18(13-21(24)26(20)32)23(31)16-35-27(33)22-7-4-12-30(22)28(34)36-15-17-5-2-1-3-6-17/h1-3,5-6,8-11,13-14,22H,4,7,12,15-16H2/t22-/m0/s1. The van der Waals surface area contributed by atoms with Gasteiger partial charge in [0.25, 0.3) is 0 Å². The Bertz CT molecular complexity index is 1560. The SMILES string of the molecule is O=C(COC(=O)[C@@H]1CCCN1C(=O)OCc1ccccc1)c1ccc2oc3cc(Br)ccc3c(=O)c2c1. The summed E-state index contributed by atoms with van der Waals surface area (Å²) in [6.45, 7) is -0.0507. The fourth-order valence-corrected chi connectivity index (χ4v) is 4.69. The number of likely N-dealkylation sites (tertiary alicyclic amines) is 1. The molecule has 8 nitrogen and oxygen atoms in total. The maximum atomic E-state index is 12.9. The van der Waals surface area contributed by atoms with Crippen molar-refractivity contribution in [1.82, 2.24) is 4.90 Å². The van der Waals surface area contributed by atoms with Crippen molar-refractivity contribution in [3.8, 4) is 0 Å². The lowest BCUT2D eigenvalue weighted by molar-refractivity contribution is -0.147. The van der Waals surface area contributed by atoms with Crippen molar-refractivity contribution in [2.45, 2.75) is 25.5 Å². The van der Waals surface area contributed by atoms with Crippen LogP contribution in [0.4, 0.5) is 4.79 Å². The molecule has 1 atom stereocenters. The Hall–Kier alpha value is -3.98. The van der Waals surface area contributed by atoms with E-state index in [2.05, 4.69) is 15.9 Å². The maximum absolute atomic E-state index is 12.9. The summed E-state index contributed by atoms with van der Waals surface area (Å²) in [5.74, 6) is -1.14. The number of rotatable bonds is 6. The van der Waals surface area contributed by atoms with Crippen LogP contribution < -0.4 is 5.43 Å². The number of hydrogen-bond donors (Lipinski definition) is 0. The van der Waals surface area contributed by atoms with Gasteiger partial charge in [0, 0.05) is 16.6 Å². The first kappa shape index (κ1) is 24.7. The smallest absolute Gasteiger partial charge is 0.410 e. The van der Waals surface area contributed by atoms with Crippen LogP contribution in [-0.2, 0) is 20.9 Å². The Morgan fingerprint density at radius 3 is 2.57 bits per heavy atom. The number of Topliss-reactive ketones (excluding diaryl/α,β-unsaturated/α-hetero) is 1. The Balaban J connectivity index is 1.24. The summed E-state index contributed by atoms with van der Waals surface area (Å²) in [4.78, 5) is 52.3. The molecule has 4 aromatic rings. The van der Waals surface area contributed by atoms with Gasteiger partial charge in [0.2, 0.25) is 5.43 Å². The van der Waals surface area contributed by atoms with E-state index in [1.54, 1.807) is 24.3 Å². The largest absolute Gasteiger partial charge is 0.456 e. The zero-order chi connectivity index (χ0) is 25.9. The topological polar surface area (TPSA) is 103 Å². The molecule has 0 radical (unpaired) electrons. The molecule has 1 fully saturated rings. The predicted octanol–water partition coefficient (Wildman–Crippen LogP) is 5.24. The molecule has 3 aromatic carbocycles. The second-order valence-corrected chi connectivity index (χ2v) is 9.62. The van der Waals surface area contributed by atoms with Gasteiger partial charge in [-0.25, -0.2) is 9.59 Å². The molecule has 9 heteroatoms. The number of halogens is 1. The number of carbonyl (C=O) groups is 3. The van der Waals surface area contributed by atoms with Gasteiger partial charge in [0.1, 0.15) is 23.8 Å². The van der Waals surface area contributed by atoms with Gasteiger partial charge in [-0.3, -0.25) is 14.5 Å². The molecule has 1 aromatic heterocycles. The minimum absolute atomic E-state index is 0.0962. The van der Waals surface area contributed by atoms with E-state index in [1.165, 1.54) is 17.0 Å². The molecule has 188 valence electrons. The molecule has 2 heterocycles. The molecule has 5 rings (SSSR count). The molecule has 0 aliphatic carbocycles. The summed E-state index contributed by atoms with van der Waals surface area (Å²) >= 11 is 3.36. The van der Waals surface area contributed by atoms with Crippen LogP contribution in [-0.4, -0.2) is 41.9 Å². The maximum Gasteiger partial charge on any atom is 0.410 e. The number of hydrogen-bond acceptors (Lipinski definition) is 7. The molecule has 0 unspecified atom stereocenters. The van der Waals surface area contributed by atoms with E-state index in [9.17, 15) is 19.2 Å². The van der Waals surface area contributed by atoms with E-state index in [4.69, 9.17) is 13.9 Å². The molecule has 0 spiro atoms. The average molecular weight is 564 g/mol. The van der Waals surface area contributed by atoms with Gasteiger partial charge in [-0.05, 0) is 54.8 Å². The van der Waals surface area contributed by atoms with Crippen LogP contribution in [0.3, 0.4) is 0 Å². The number of benzene rings is 3. The van der Waals surface area contributed by atoms with Crippen molar-refractivity contribution in [2.24, 2.45) is 0 Å². The number of nitrogens with zero attached hydrogens (tertiary/aromatic N) is 1. The third-order valence-electron chi connectivity index (χ3n) is 6.26. The lowest BCUT2D eigenvalue weighted by atomic mass is 10.1. The van der Waals surface area contributed by atoms with Gasteiger partial charge in [-0.2, -0.15) is 0 Å². The number of amides is 1. The Morgan fingerprint density at radius 1 is 0.946 bits per heavy atom. The molecule has 1 aliphatic rings. The number of esters is 1. The van der Waals surface area contributed by atoms with Crippen LogP contribution in [0, 0.1) is 0 Å². The summed E-state index contributed by atoms with van der Waals surface area (Å²) in [6, 6.07) is 18.0. The van der Waals surface area contributed by atoms with E-state index < -0.39 is 30.5 Å². The summed E-state index contributed by atoms with van der Waals surface area (Å²) in [6.07, 6.45) is 0.447. The van der Waals surface area contributed by atoms with Gasteiger partial charge in [0.05, 0.1) is 10.8 Å². The van der Waals surface area contributed by atoms with Crippen LogP contribution in [0.5, 0.6) is 0 Å². The van der Waals surface area contributed by atoms with Gasteiger partial charge >= 0.3 is 12.1 Å². The van der Waals surface area contributed by atoms with Gasteiger partial charge < -0.3 is 13.9 Å². The summed E-state index contributed by atoms with van der Waals surface area (Å²) in [7, 11) is 0. The van der Waals surface area contributed by atoms with E-state index in [0.29, 0.717) is 35.9 Å². The predicted molar refractivity (Wildman–Crippen MR) is 139 cm³/mol. The fraction of sp³-hybridized carbons (Fsp3) is 0.214. The highest BCUT2D eigenvalue weighted by atomic mass is 79.9. The summed E-state index contributed by atoms with van der Waals surface area (Å²) < 4.78 is 17.2. The molecule has 1 saturated heterocycles. The van der Waals surface area contributed by atoms with Crippen molar-refractivity contribution in [1.29, 1.82) is 0 Å². The molecular formula is C28H22BrNO7. The normalized spacial score (nSPS) is 15.2. The van der Waals surface area contributed by atoms with Crippen LogP contribution in [0.25, 0.3) is 21.9 Å². The lowest BCUT2D eigenvalue weighted by Gasteiger charge is -2.22. The molecule has 0 bridgehead atoms. The van der Waals surface area contributed by atoms with Crippen molar-refractivity contribution in [3.05, 3.63) is 92.6 Å². The van der Waals surface area contributed by atoms with E-state index in [-0.39, 0.29) is 23.0 Å². The summed E-state index contributed by atoms with van der Waals surface area (Å²) in [5.41, 5.74) is 1.58. The highest BCUT2D eigenvalue weighted by Crippen LogP contribution is 2.24. The molecule has 1 amide bonds. The second kappa shape index (κ2) is 10.6. The highest BCUT2D eigenvalue weighted by molar-refractivity contribution is 9.10. The van der Waals surface area contributed by atoms with Crippen LogP contribution in [0.2, 0.25) is 0 Å². The number of carbonyl (C=O) groups excluding carboxylic acids is 3. The van der Waals surface area contributed by atoms with Crippen LogP contribution in [0.15, 0.2) is 80.4 Å². The lowest BCUT2D eigenvalue weighted by Crippen LogP contribution is -2.42. The first-order valence-corrected chi connectivity index (χ1v) is 12.5. The number of ketones is 1. The van der Waals surface area contributed by atoms with Gasteiger partial charge in [0.15, 0.2) is 12.4 Å². The molecule has 37 heavy (non-hydrogen) atoms. The Kier molecular flexibility index (Phi) is 7.05. The quantitative estimate of drug-likeness (QED) is 0.179. The minimum Gasteiger partial charge on any atom is -0.456 e. The third kappa shape index (κ3) is 5.27. The number of ether oxygens (including phenoxy) is 2. The van der Waals surface area contributed by atoms with E-state index in [0.717, 1.165) is 10.0 Å². The zero-order valence-electron chi connectivity index (χ0n) is 19.6. The van der Waals surface area contributed by atoms with Crippen molar-refractivity contribution >= 4 is 55.7 Å². The third-order valence-corrected chi connectivity index (χ3v) is 6.76. The average Bonchev–Trinajstić information content (AvgIpc) is 3.41. The highest BCUT2D eigenvalue weighted by Gasteiger charge is 2.36. The Labute approximate surface area is 219 Å². The van der Waals surface area contributed by atoms with E-state index >= 15 is 0 Å². The second-order valence-electron chi connectivity index (χ2n) is 8.71. The van der Waals surface area contributed by atoms with Crippen molar-refractivity contribution in [2.75, 3.05) is 13.2 Å². The van der Waals surface area contributed by atoms with Crippen molar-refractivity contribution in [3.63, 3.8) is 0 Å². The van der Waals surface area contributed by atoms with Crippen LogP contribution >= 0.6 is 15.9 Å². The first-order valence-electron chi connectivity index (χ1n) is 11.7. The van der Waals surface area contributed by atoms with Crippen molar-refractivity contribution < 1.29 is 28.3 Å². The van der Waals surface area contributed by atoms with Gasteiger partial charge in [-0.15, -0.1) is 0 Å². The molecular weight excluding hydrogens is 542 g/mol. The first-order chi connectivity index (χ1) is 17.9. The summed E-state index contributed by atoms with van der Waals surface area (Å²) in [5, 5.41) is 0.655. The van der Waals surface area contributed by atoms with Gasteiger partial charge in [-0.1, -0.05) is 46.3 Å².